The molecule has 4 rings (SSSR count). The maximum absolute atomic E-state index is 12.7. The van der Waals surface area contributed by atoms with Gasteiger partial charge in [-0.25, -0.2) is 0 Å². The van der Waals surface area contributed by atoms with Gasteiger partial charge in [-0.3, -0.25) is 14.5 Å². The van der Waals surface area contributed by atoms with E-state index in [1.807, 2.05) is 48.2 Å². The molecule has 0 unspecified atom stereocenters. The largest absolute Gasteiger partial charge is 0.352 e. The third-order valence-corrected chi connectivity index (χ3v) is 6.20. The van der Waals surface area contributed by atoms with Crippen LogP contribution in [0, 0.1) is 6.92 Å². The second-order valence-electron chi connectivity index (χ2n) is 8.51. The van der Waals surface area contributed by atoms with Crippen LogP contribution in [0.15, 0.2) is 84.9 Å². The van der Waals surface area contributed by atoms with Gasteiger partial charge in [-0.1, -0.05) is 78.4 Å². The van der Waals surface area contributed by atoms with Gasteiger partial charge in [0, 0.05) is 44.7 Å². The van der Waals surface area contributed by atoms with Crippen molar-refractivity contribution in [1.29, 1.82) is 0 Å². The molecule has 0 aliphatic carbocycles. The molecule has 1 fully saturated rings. The number of carbonyl (C=O) groups is 2. The lowest BCUT2D eigenvalue weighted by Crippen LogP contribution is -2.50. The highest BCUT2D eigenvalue weighted by Crippen LogP contribution is 2.29. The average Bonchev–Trinajstić information content (AvgIpc) is 2.86. The van der Waals surface area contributed by atoms with Crippen LogP contribution in [0.25, 0.3) is 0 Å². The third kappa shape index (κ3) is 5.88. The first-order chi connectivity index (χ1) is 16.1. The highest BCUT2D eigenvalue weighted by Gasteiger charge is 2.27. The number of rotatable bonds is 7. The SMILES string of the molecule is Cc1ccc(C(=O)NCCC(=O)N2CCN(C(c3ccccc3)c3ccccc3)CC2)cc1. The minimum atomic E-state index is -0.138. The Bertz CT molecular complexity index is 1000. The van der Waals surface area contributed by atoms with E-state index in [-0.39, 0.29) is 17.9 Å². The Labute approximate surface area is 196 Å². The van der Waals surface area contributed by atoms with Crippen molar-refractivity contribution in [3.8, 4) is 0 Å². The Morgan fingerprint density at radius 3 is 1.88 bits per heavy atom. The van der Waals surface area contributed by atoms with Gasteiger partial charge in [-0.15, -0.1) is 0 Å². The minimum absolute atomic E-state index is 0.0924. The van der Waals surface area contributed by atoms with Gasteiger partial charge in [-0.05, 0) is 30.2 Å². The molecule has 5 nitrogen and oxygen atoms in total. The van der Waals surface area contributed by atoms with E-state index in [9.17, 15) is 9.59 Å². The molecule has 1 N–H and O–H groups in total. The van der Waals surface area contributed by atoms with E-state index in [1.54, 1.807) is 0 Å². The van der Waals surface area contributed by atoms with Gasteiger partial charge in [-0.2, -0.15) is 0 Å². The number of benzene rings is 3. The molecule has 1 aliphatic rings. The molecule has 3 aromatic carbocycles. The van der Waals surface area contributed by atoms with Gasteiger partial charge in [0.15, 0.2) is 0 Å². The van der Waals surface area contributed by atoms with Crippen molar-refractivity contribution in [2.24, 2.45) is 0 Å². The number of hydrogen-bond acceptors (Lipinski definition) is 3. The number of aryl methyl sites for hydroxylation is 1. The molecule has 0 aromatic heterocycles. The van der Waals surface area contributed by atoms with Gasteiger partial charge in [0.25, 0.3) is 5.91 Å². The molecule has 5 heteroatoms. The number of carbonyl (C=O) groups excluding carboxylic acids is 2. The van der Waals surface area contributed by atoms with Crippen molar-refractivity contribution >= 4 is 11.8 Å². The predicted octanol–water partition coefficient (Wildman–Crippen LogP) is 4.05. The van der Waals surface area contributed by atoms with Gasteiger partial charge in [0.1, 0.15) is 0 Å². The van der Waals surface area contributed by atoms with Crippen LogP contribution in [0.3, 0.4) is 0 Å². The lowest BCUT2D eigenvalue weighted by Gasteiger charge is -2.40. The monoisotopic (exact) mass is 441 g/mol. The second kappa shape index (κ2) is 10.9. The summed E-state index contributed by atoms with van der Waals surface area (Å²) in [6.07, 6.45) is 0.318. The van der Waals surface area contributed by atoms with Gasteiger partial charge < -0.3 is 10.2 Å². The topological polar surface area (TPSA) is 52.7 Å². The summed E-state index contributed by atoms with van der Waals surface area (Å²) >= 11 is 0. The fraction of sp³-hybridized carbons (Fsp3) is 0.286. The highest BCUT2D eigenvalue weighted by molar-refractivity contribution is 5.94. The van der Waals surface area contributed by atoms with Crippen molar-refractivity contribution < 1.29 is 9.59 Å². The maximum Gasteiger partial charge on any atom is 0.251 e. The van der Waals surface area contributed by atoms with Crippen LogP contribution >= 0.6 is 0 Å². The Hall–Kier alpha value is -3.44. The lowest BCUT2D eigenvalue weighted by atomic mass is 9.96. The summed E-state index contributed by atoms with van der Waals surface area (Å²) in [6.45, 7) is 5.36. The first-order valence-corrected chi connectivity index (χ1v) is 11.6. The quantitative estimate of drug-likeness (QED) is 0.602. The van der Waals surface area contributed by atoms with Gasteiger partial charge in [0.05, 0.1) is 6.04 Å². The van der Waals surface area contributed by atoms with Crippen molar-refractivity contribution in [3.05, 3.63) is 107 Å². The third-order valence-electron chi connectivity index (χ3n) is 6.20. The summed E-state index contributed by atoms with van der Waals surface area (Å²) in [4.78, 5) is 29.4. The van der Waals surface area contributed by atoms with Crippen LogP contribution in [-0.4, -0.2) is 54.3 Å². The molecule has 0 saturated carbocycles. The lowest BCUT2D eigenvalue weighted by molar-refractivity contribution is -0.133. The van der Waals surface area contributed by atoms with Crippen LogP contribution < -0.4 is 5.32 Å². The van der Waals surface area contributed by atoms with Crippen LogP contribution in [0.5, 0.6) is 0 Å². The Kier molecular flexibility index (Phi) is 7.53. The summed E-state index contributed by atoms with van der Waals surface area (Å²) in [7, 11) is 0. The first kappa shape index (κ1) is 22.7. The van der Waals surface area contributed by atoms with E-state index >= 15 is 0 Å². The number of piperazine rings is 1. The number of amides is 2. The molecule has 0 radical (unpaired) electrons. The van der Waals surface area contributed by atoms with E-state index in [2.05, 4.69) is 58.7 Å². The zero-order chi connectivity index (χ0) is 23.0. The fourth-order valence-electron chi connectivity index (χ4n) is 4.36. The van der Waals surface area contributed by atoms with Gasteiger partial charge in [0.2, 0.25) is 5.91 Å². The number of nitrogens with zero attached hydrogens (tertiary/aromatic N) is 2. The van der Waals surface area contributed by atoms with Crippen molar-refractivity contribution in [3.63, 3.8) is 0 Å². The molecule has 0 atom stereocenters. The van der Waals surface area contributed by atoms with Crippen LogP contribution in [-0.2, 0) is 4.79 Å². The number of nitrogens with one attached hydrogen (secondary N) is 1. The van der Waals surface area contributed by atoms with Crippen molar-refractivity contribution in [1.82, 2.24) is 15.1 Å². The molecular weight excluding hydrogens is 410 g/mol. The van der Waals surface area contributed by atoms with Crippen LogP contribution in [0.2, 0.25) is 0 Å². The smallest absolute Gasteiger partial charge is 0.251 e. The summed E-state index contributed by atoms with van der Waals surface area (Å²) in [5.41, 5.74) is 4.27. The molecule has 1 saturated heterocycles. The molecule has 0 bridgehead atoms. The Balaban J connectivity index is 1.30. The maximum atomic E-state index is 12.7. The molecular formula is C28H31N3O2. The van der Waals surface area contributed by atoms with E-state index in [1.165, 1.54) is 11.1 Å². The average molecular weight is 442 g/mol. The Morgan fingerprint density at radius 1 is 0.788 bits per heavy atom. The first-order valence-electron chi connectivity index (χ1n) is 11.6. The highest BCUT2D eigenvalue weighted by atomic mass is 16.2. The van der Waals surface area contributed by atoms with Crippen molar-refractivity contribution in [2.75, 3.05) is 32.7 Å². The summed E-state index contributed by atoms with van der Waals surface area (Å²) in [5, 5.41) is 2.86. The van der Waals surface area contributed by atoms with Crippen LogP contribution in [0.4, 0.5) is 0 Å². The molecule has 2 amide bonds. The summed E-state index contributed by atoms with van der Waals surface area (Å²) < 4.78 is 0. The molecule has 0 spiro atoms. The summed E-state index contributed by atoms with van der Waals surface area (Å²) in [6, 6.07) is 28.7. The van der Waals surface area contributed by atoms with Crippen molar-refractivity contribution in [2.45, 2.75) is 19.4 Å². The number of hydrogen-bond donors (Lipinski definition) is 1. The minimum Gasteiger partial charge on any atom is -0.352 e. The molecule has 1 heterocycles. The molecule has 3 aromatic rings. The van der Waals surface area contributed by atoms with E-state index < -0.39 is 0 Å². The van der Waals surface area contributed by atoms with E-state index in [0.717, 1.165) is 18.7 Å². The molecule has 33 heavy (non-hydrogen) atoms. The fourth-order valence-corrected chi connectivity index (χ4v) is 4.36. The molecule has 170 valence electrons. The van der Waals surface area contributed by atoms with E-state index in [4.69, 9.17) is 0 Å². The normalized spacial score (nSPS) is 14.3. The predicted molar refractivity (Wildman–Crippen MR) is 131 cm³/mol. The van der Waals surface area contributed by atoms with Gasteiger partial charge >= 0.3 is 0 Å². The van der Waals surface area contributed by atoms with E-state index in [0.29, 0.717) is 31.6 Å². The summed E-state index contributed by atoms with van der Waals surface area (Å²) in [5.74, 6) is -0.0454. The van der Waals surface area contributed by atoms with Crippen LogP contribution in [0.1, 0.15) is 39.5 Å². The standard InChI is InChI=1S/C28H31N3O2/c1-22-12-14-25(15-13-22)28(33)29-17-16-26(32)30-18-20-31(21-19-30)27(23-8-4-2-5-9-23)24-10-6-3-7-11-24/h2-15,27H,16-21H2,1H3,(H,29,33). The molecule has 1 aliphatic heterocycles. The zero-order valence-corrected chi connectivity index (χ0v) is 19.1. The second-order valence-corrected chi connectivity index (χ2v) is 8.51. The Morgan fingerprint density at radius 2 is 1.33 bits per heavy atom. The zero-order valence-electron chi connectivity index (χ0n) is 19.1.